The Kier molecular flexibility index (Phi) is 2.99. The maximum absolute atomic E-state index is 13.1. The van der Waals surface area contributed by atoms with E-state index in [-0.39, 0.29) is 11.9 Å². The summed E-state index contributed by atoms with van der Waals surface area (Å²) in [6.45, 7) is 0.600. The summed E-state index contributed by atoms with van der Waals surface area (Å²) >= 11 is 0. The van der Waals surface area contributed by atoms with Gasteiger partial charge in [0.05, 0.1) is 17.9 Å². The van der Waals surface area contributed by atoms with E-state index in [4.69, 9.17) is 10.5 Å². The molecule has 1 unspecified atom stereocenters. The van der Waals surface area contributed by atoms with Crippen LogP contribution in [0.4, 0.5) is 15.8 Å². The van der Waals surface area contributed by atoms with Crippen molar-refractivity contribution in [1.29, 1.82) is 0 Å². The number of anilines is 2. The smallest absolute Gasteiger partial charge is 0.125 e. The Bertz CT molecular complexity index is 575. The van der Waals surface area contributed by atoms with Crippen molar-refractivity contribution in [1.82, 2.24) is 0 Å². The number of benzene rings is 2. The molecule has 1 aliphatic rings. The van der Waals surface area contributed by atoms with Crippen molar-refractivity contribution in [3.8, 4) is 5.75 Å². The van der Waals surface area contributed by atoms with Gasteiger partial charge in [0.25, 0.3) is 0 Å². The third-order valence-electron chi connectivity index (χ3n) is 3.25. The van der Waals surface area contributed by atoms with Gasteiger partial charge in [0, 0.05) is 6.42 Å². The Hall–Kier alpha value is -2.23. The highest BCUT2D eigenvalue weighted by Crippen LogP contribution is 2.28. The van der Waals surface area contributed by atoms with Gasteiger partial charge in [-0.15, -0.1) is 0 Å². The molecule has 2 aromatic carbocycles. The third kappa shape index (κ3) is 2.47. The second-order valence-corrected chi connectivity index (χ2v) is 4.66. The lowest BCUT2D eigenvalue weighted by Gasteiger charge is -2.14. The molecule has 3 N–H and O–H groups in total. The summed E-state index contributed by atoms with van der Waals surface area (Å²) < 4.78 is 18.9. The van der Waals surface area contributed by atoms with Gasteiger partial charge in [0.1, 0.15) is 17.7 Å². The fourth-order valence-corrected chi connectivity index (χ4v) is 2.27. The van der Waals surface area contributed by atoms with E-state index in [1.54, 1.807) is 6.07 Å². The van der Waals surface area contributed by atoms with Gasteiger partial charge in [-0.1, -0.05) is 18.2 Å². The highest BCUT2D eigenvalue weighted by molar-refractivity contribution is 5.65. The Labute approximate surface area is 111 Å². The number of fused-ring (bicyclic) bond motifs is 1. The molecular weight excluding hydrogens is 243 g/mol. The van der Waals surface area contributed by atoms with Crippen LogP contribution in [0.1, 0.15) is 5.56 Å². The second-order valence-electron chi connectivity index (χ2n) is 4.66. The SMILES string of the molecule is Nc1ccc(F)cc1NCC1Cc2ccccc2O1. The summed E-state index contributed by atoms with van der Waals surface area (Å²) in [6.07, 6.45) is 0.915. The molecule has 0 amide bonds. The van der Waals surface area contributed by atoms with Crippen molar-refractivity contribution >= 4 is 11.4 Å². The molecule has 1 heterocycles. The van der Waals surface area contributed by atoms with Gasteiger partial charge in [0.15, 0.2) is 0 Å². The number of nitrogens with one attached hydrogen (secondary N) is 1. The molecule has 3 nitrogen and oxygen atoms in total. The standard InChI is InChI=1S/C15H15FN2O/c16-11-5-6-13(17)14(8-11)18-9-12-7-10-3-1-2-4-15(10)19-12/h1-6,8,12,18H,7,9,17H2. The van der Waals surface area contributed by atoms with Gasteiger partial charge in [-0.05, 0) is 29.8 Å². The lowest BCUT2D eigenvalue weighted by atomic mass is 10.1. The van der Waals surface area contributed by atoms with Crippen molar-refractivity contribution in [2.45, 2.75) is 12.5 Å². The summed E-state index contributed by atoms with van der Waals surface area (Å²) in [5, 5.41) is 3.14. The van der Waals surface area contributed by atoms with Crippen molar-refractivity contribution in [2.75, 3.05) is 17.6 Å². The summed E-state index contributed by atoms with van der Waals surface area (Å²) in [7, 11) is 0. The first kappa shape index (κ1) is 11.8. The van der Waals surface area contributed by atoms with E-state index >= 15 is 0 Å². The van der Waals surface area contributed by atoms with Crippen LogP contribution in [0.2, 0.25) is 0 Å². The average molecular weight is 258 g/mol. The van der Waals surface area contributed by atoms with E-state index in [0.29, 0.717) is 17.9 Å². The fraction of sp³-hybridized carbons (Fsp3) is 0.200. The van der Waals surface area contributed by atoms with Crippen molar-refractivity contribution in [2.24, 2.45) is 0 Å². The van der Waals surface area contributed by atoms with Crippen molar-refractivity contribution in [3.63, 3.8) is 0 Å². The molecule has 4 heteroatoms. The van der Waals surface area contributed by atoms with E-state index in [0.717, 1.165) is 12.2 Å². The number of nitrogens with two attached hydrogens (primary N) is 1. The topological polar surface area (TPSA) is 47.3 Å². The molecule has 3 rings (SSSR count). The van der Waals surface area contributed by atoms with Crippen LogP contribution >= 0.6 is 0 Å². The highest BCUT2D eigenvalue weighted by atomic mass is 19.1. The minimum Gasteiger partial charge on any atom is -0.488 e. The normalized spacial score (nSPS) is 16.8. The van der Waals surface area contributed by atoms with Gasteiger partial charge >= 0.3 is 0 Å². The van der Waals surface area contributed by atoms with Gasteiger partial charge in [0.2, 0.25) is 0 Å². The van der Waals surface area contributed by atoms with Crippen LogP contribution in [0.25, 0.3) is 0 Å². The maximum Gasteiger partial charge on any atom is 0.125 e. The number of ether oxygens (including phenoxy) is 1. The van der Waals surface area contributed by atoms with E-state index in [1.165, 1.54) is 17.7 Å². The first-order valence-corrected chi connectivity index (χ1v) is 6.26. The van der Waals surface area contributed by atoms with Crippen LogP contribution in [-0.4, -0.2) is 12.6 Å². The zero-order valence-electron chi connectivity index (χ0n) is 10.4. The lowest BCUT2D eigenvalue weighted by molar-refractivity contribution is 0.246. The number of para-hydroxylation sites is 1. The van der Waals surface area contributed by atoms with Crippen LogP contribution in [-0.2, 0) is 6.42 Å². The molecule has 1 atom stereocenters. The molecule has 0 saturated heterocycles. The maximum atomic E-state index is 13.1. The van der Waals surface area contributed by atoms with Crippen LogP contribution in [0.15, 0.2) is 42.5 Å². The zero-order chi connectivity index (χ0) is 13.2. The highest BCUT2D eigenvalue weighted by Gasteiger charge is 2.22. The van der Waals surface area contributed by atoms with Crippen LogP contribution in [0, 0.1) is 5.82 Å². The number of rotatable bonds is 3. The molecule has 0 bridgehead atoms. The Morgan fingerprint density at radius 2 is 2.11 bits per heavy atom. The molecule has 2 aromatic rings. The predicted octanol–water partition coefficient (Wildman–Crippen LogP) is 2.82. The predicted molar refractivity (Wildman–Crippen MR) is 73.9 cm³/mol. The van der Waals surface area contributed by atoms with E-state index in [2.05, 4.69) is 11.4 Å². The molecule has 0 aromatic heterocycles. The largest absolute Gasteiger partial charge is 0.488 e. The van der Waals surface area contributed by atoms with Crippen molar-refractivity contribution in [3.05, 3.63) is 53.8 Å². The molecule has 0 radical (unpaired) electrons. The Morgan fingerprint density at radius 1 is 1.26 bits per heavy atom. The minimum atomic E-state index is -0.299. The Balaban J connectivity index is 1.64. The van der Waals surface area contributed by atoms with Crippen molar-refractivity contribution < 1.29 is 9.13 Å². The molecule has 0 saturated carbocycles. The minimum absolute atomic E-state index is 0.0556. The molecule has 98 valence electrons. The zero-order valence-corrected chi connectivity index (χ0v) is 10.4. The summed E-state index contributed by atoms with van der Waals surface area (Å²) in [4.78, 5) is 0. The first-order chi connectivity index (χ1) is 9.22. The van der Waals surface area contributed by atoms with Gasteiger partial charge < -0.3 is 15.8 Å². The molecule has 0 spiro atoms. The first-order valence-electron chi connectivity index (χ1n) is 6.26. The quantitative estimate of drug-likeness (QED) is 0.832. The third-order valence-corrected chi connectivity index (χ3v) is 3.25. The lowest BCUT2D eigenvalue weighted by Crippen LogP contribution is -2.24. The average Bonchev–Trinajstić information content (AvgIpc) is 2.82. The summed E-state index contributed by atoms with van der Waals surface area (Å²) in [5.74, 6) is 0.633. The number of nitrogen functional groups attached to an aromatic ring is 1. The number of halogens is 1. The van der Waals surface area contributed by atoms with E-state index in [9.17, 15) is 4.39 Å². The van der Waals surface area contributed by atoms with Crippen LogP contribution in [0.3, 0.4) is 0 Å². The fourth-order valence-electron chi connectivity index (χ4n) is 2.27. The van der Waals surface area contributed by atoms with Crippen LogP contribution in [0.5, 0.6) is 5.75 Å². The summed E-state index contributed by atoms with van der Waals surface area (Å²) in [5.41, 5.74) is 8.15. The number of hydrogen-bond acceptors (Lipinski definition) is 3. The molecule has 0 aliphatic carbocycles. The molecule has 0 fully saturated rings. The van der Waals surface area contributed by atoms with Crippen LogP contribution < -0.4 is 15.8 Å². The summed E-state index contributed by atoms with van der Waals surface area (Å²) in [6, 6.07) is 12.3. The Morgan fingerprint density at radius 3 is 2.95 bits per heavy atom. The molecule has 1 aliphatic heterocycles. The number of hydrogen-bond donors (Lipinski definition) is 2. The monoisotopic (exact) mass is 258 g/mol. The van der Waals surface area contributed by atoms with Gasteiger partial charge in [-0.2, -0.15) is 0 Å². The van der Waals surface area contributed by atoms with E-state index in [1.807, 2.05) is 18.2 Å². The van der Waals surface area contributed by atoms with Gasteiger partial charge in [-0.25, -0.2) is 4.39 Å². The molecule has 19 heavy (non-hydrogen) atoms. The van der Waals surface area contributed by atoms with Gasteiger partial charge in [-0.3, -0.25) is 0 Å². The van der Waals surface area contributed by atoms with E-state index < -0.39 is 0 Å². The second kappa shape index (κ2) is 4.80. The molecular formula is C15H15FN2O.